The number of aryl methyl sites for hydroxylation is 1. The Morgan fingerprint density at radius 2 is 1.75 bits per heavy atom. The number of aromatic nitrogens is 2. The fourth-order valence-electron chi connectivity index (χ4n) is 4.68. The summed E-state index contributed by atoms with van der Waals surface area (Å²) in [4.78, 5) is 28.8. The number of carbonyl (C=O) groups excluding carboxylic acids is 1. The summed E-state index contributed by atoms with van der Waals surface area (Å²) in [7, 11) is 4.25. The SMILES string of the molecule is Cc1nc(C(=O)N2CC(C3CCOCC3)C2)nc(N2CC[C@@H](N(C)C)C2)c1C. The van der Waals surface area contributed by atoms with Crippen LogP contribution in [0.1, 0.15) is 41.1 Å². The van der Waals surface area contributed by atoms with Crippen LogP contribution in [0.2, 0.25) is 0 Å². The molecule has 0 radical (unpaired) electrons. The van der Waals surface area contributed by atoms with Crippen LogP contribution < -0.4 is 4.90 Å². The smallest absolute Gasteiger partial charge is 0.291 e. The molecular weight excluding hydrogens is 354 g/mol. The lowest BCUT2D eigenvalue weighted by Crippen LogP contribution is -2.53. The lowest BCUT2D eigenvalue weighted by atomic mass is 9.81. The average Bonchev–Trinajstić information content (AvgIpc) is 3.13. The molecule has 0 unspecified atom stereocenters. The minimum absolute atomic E-state index is 0.0176. The molecule has 7 heteroatoms. The van der Waals surface area contributed by atoms with E-state index in [1.54, 1.807) is 0 Å². The molecule has 0 bridgehead atoms. The normalized spacial score (nSPS) is 24.1. The van der Waals surface area contributed by atoms with Crippen LogP contribution in [0.5, 0.6) is 0 Å². The molecule has 3 fully saturated rings. The maximum atomic E-state index is 13.0. The first-order chi connectivity index (χ1) is 13.4. The van der Waals surface area contributed by atoms with Crippen LogP contribution in [0.15, 0.2) is 0 Å². The lowest BCUT2D eigenvalue weighted by molar-refractivity contribution is -0.00314. The Hall–Kier alpha value is -1.73. The summed E-state index contributed by atoms with van der Waals surface area (Å²) in [6.07, 6.45) is 3.37. The largest absolute Gasteiger partial charge is 0.381 e. The van der Waals surface area contributed by atoms with Gasteiger partial charge in [0.2, 0.25) is 5.82 Å². The van der Waals surface area contributed by atoms with Gasteiger partial charge in [-0.15, -0.1) is 0 Å². The quantitative estimate of drug-likeness (QED) is 0.784. The van der Waals surface area contributed by atoms with E-state index in [4.69, 9.17) is 9.72 Å². The topological polar surface area (TPSA) is 61.8 Å². The van der Waals surface area contributed by atoms with Crippen molar-refractivity contribution >= 4 is 11.7 Å². The first-order valence-corrected chi connectivity index (χ1v) is 10.6. The number of carbonyl (C=O) groups is 1. The maximum absolute atomic E-state index is 13.0. The van der Waals surface area contributed by atoms with Crippen molar-refractivity contribution in [3.8, 4) is 0 Å². The molecule has 4 heterocycles. The number of hydrogen-bond acceptors (Lipinski definition) is 6. The first kappa shape index (κ1) is 19.6. The average molecular weight is 388 g/mol. The van der Waals surface area contributed by atoms with Crippen LogP contribution in [-0.2, 0) is 4.74 Å². The molecule has 1 atom stereocenters. The molecule has 3 saturated heterocycles. The molecule has 0 aromatic carbocycles. The monoisotopic (exact) mass is 387 g/mol. The maximum Gasteiger partial charge on any atom is 0.291 e. The summed E-state index contributed by atoms with van der Waals surface area (Å²) in [5.41, 5.74) is 1.99. The molecule has 1 aromatic heterocycles. The predicted molar refractivity (Wildman–Crippen MR) is 109 cm³/mol. The van der Waals surface area contributed by atoms with Gasteiger partial charge in [-0.1, -0.05) is 0 Å². The Balaban J connectivity index is 1.45. The van der Waals surface area contributed by atoms with Gasteiger partial charge in [-0.2, -0.15) is 0 Å². The molecule has 0 saturated carbocycles. The van der Waals surface area contributed by atoms with Gasteiger partial charge in [-0.25, -0.2) is 9.97 Å². The van der Waals surface area contributed by atoms with Crippen molar-refractivity contribution in [1.82, 2.24) is 19.8 Å². The van der Waals surface area contributed by atoms with E-state index in [1.807, 2.05) is 11.8 Å². The van der Waals surface area contributed by atoms with Gasteiger partial charge >= 0.3 is 0 Å². The molecule has 7 nitrogen and oxygen atoms in total. The van der Waals surface area contributed by atoms with Crippen LogP contribution in [0.3, 0.4) is 0 Å². The summed E-state index contributed by atoms with van der Waals surface area (Å²) < 4.78 is 5.46. The van der Waals surface area contributed by atoms with Gasteiger partial charge in [0.05, 0.1) is 0 Å². The van der Waals surface area contributed by atoms with Crippen molar-refractivity contribution in [3.05, 3.63) is 17.1 Å². The van der Waals surface area contributed by atoms with Crippen molar-refractivity contribution in [2.24, 2.45) is 11.8 Å². The highest BCUT2D eigenvalue weighted by molar-refractivity contribution is 5.91. The Bertz CT molecular complexity index is 726. The van der Waals surface area contributed by atoms with E-state index in [1.165, 1.54) is 0 Å². The highest BCUT2D eigenvalue weighted by atomic mass is 16.5. The molecule has 0 aliphatic carbocycles. The van der Waals surface area contributed by atoms with Gasteiger partial charge in [0.25, 0.3) is 5.91 Å². The molecule has 0 N–H and O–H groups in total. The fourth-order valence-corrected chi connectivity index (χ4v) is 4.68. The fraction of sp³-hybridized carbons (Fsp3) is 0.762. The number of likely N-dealkylation sites (N-methyl/N-ethyl adjacent to an activating group) is 1. The second-order valence-electron chi connectivity index (χ2n) is 8.85. The number of likely N-dealkylation sites (tertiary alicyclic amines) is 1. The highest BCUT2D eigenvalue weighted by Gasteiger charge is 2.38. The van der Waals surface area contributed by atoms with Gasteiger partial charge in [-0.3, -0.25) is 4.79 Å². The van der Waals surface area contributed by atoms with Crippen molar-refractivity contribution in [2.75, 3.05) is 58.4 Å². The number of rotatable bonds is 4. The van der Waals surface area contributed by atoms with Crippen molar-refractivity contribution in [1.29, 1.82) is 0 Å². The van der Waals surface area contributed by atoms with E-state index >= 15 is 0 Å². The molecule has 0 spiro atoms. The minimum atomic E-state index is -0.0176. The minimum Gasteiger partial charge on any atom is -0.381 e. The third kappa shape index (κ3) is 3.74. The Morgan fingerprint density at radius 1 is 1.04 bits per heavy atom. The predicted octanol–water partition coefficient (Wildman–Crippen LogP) is 1.73. The zero-order valence-corrected chi connectivity index (χ0v) is 17.6. The molecule has 1 amide bonds. The number of hydrogen-bond donors (Lipinski definition) is 0. The molecule has 4 rings (SSSR count). The van der Waals surface area contributed by atoms with Gasteiger partial charge in [0, 0.05) is 56.7 Å². The third-order valence-electron chi connectivity index (χ3n) is 6.88. The zero-order valence-electron chi connectivity index (χ0n) is 17.6. The van der Waals surface area contributed by atoms with E-state index < -0.39 is 0 Å². The first-order valence-electron chi connectivity index (χ1n) is 10.6. The number of nitrogens with zero attached hydrogens (tertiary/aromatic N) is 5. The van der Waals surface area contributed by atoms with E-state index in [-0.39, 0.29) is 5.91 Å². The van der Waals surface area contributed by atoms with Crippen LogP contribution in [0.25, 0.3) is 0 Å². The molecule has 154 valence electrons. The lowest BCUT2D eigenvalue weighted by Gasteiger charge is -2.44. The zero-order chi connectivity index (χ0) is 19.8. The summed E-state index contributed by atoms with van der Waals surface area (Å²) in [5, 5.41) is 0. The van der Waals surface area contributed by atoms with Crippen molar-refractivity contribution in [3.63, 3.8) is 0 Å². The Labute approximate surface area is 168 Å². The molecule has 1 aromatic rings. The van der Waals surface area contributed by atoms with Gasteiger partial charge in [-0.05, 0) is 59.0 Å². The van der Waals surface area contributed by atoms with E-state index in [9.17, 15) is 4.79 Å². The number of anilines is 1. The van der Waals surface area contributed by atoms with Crippen LogP contribution in [0, 0.1) is 25.7 Å². The highest BCUT2D eigenvalue weighted by Crippen LogP contribution is 2.32. The number of ether oxygens (including phenoxy) is 1. The van der Waals surface area contributed by atoms with Crippen LogP contribution in [-0.4, -0.2) is 85.2 Å². The van der Waals surface area contributed by atoms with E-state index in [2.05, 4.69) is 35.8 Å². The van der Waals surface area contributed by atoms with E-state index in [0.717, 1.165) is 75.7 Å². The molecule has 3 aliphatic rings. The Kier molecular flexibility index (Phi) is 5.56. The van der Waals surface area contributed by atoms with Gasteiger partial charge < -0.3 is 19.4 Å². The van der Waals surface area contributed by atoms with Gasteiger partial charge in [0.1, 0.15) is 5.82 Å². The van der Waals surface area contributed by atoms with E-state index in [0.29, 0.717) is 23.7 Å². The molecule has 28 heavy (non-hydrogen) atoms. The summed E-state index contributed by atoms with van der Waals surface area (Å²) >= 11 is 0. The summed E-state index contributed by atoms with van der Waals surface area (Å²) in [6.45, 7) is 9.37. The number of amides is 1. The molecule has 3 aliphatic heterocycles. The van der Waals surface area contributed by atoms with Crippen molar-refractivity contribution < 1.29 is 9.53 Å². The van der Waals surface area contributed by atoms with Crippen LogP contribution >= 0.6 is 0 Å². The summed E-state index contributed by atoms with van der Waals surface area (Å²) in [6, 6.07) is 0.532. The third-order valence-corrected chi connectivity index (χ3v) is 6.88. The standard InChI is InChI=1S/C21H33N5O2/c1-14-15(2)22-19(23-20(14)25-8-5-18(13-25)24(3)4)21(27)26-11-17(12-26)16-6-9-28-10-7-16/h16-18H,5-13H2,1-4H3/t18-/m1/s1. The van der Waals surface area contributed by atoms with Crippen LogP contribution in [0.4, 0.5) is 5.82 Å². The second-order valence-corrected chi connectivity index (χ2v) is 8.85. The van der Waals surface area contributed by atoms with Crippen molar-refractivity contribution in [2.45, 2.75) is 39.2 Å². The molecular formula is C21H33N5O2. The Morgan fingerprint density at radius 3 is 2.39 bits per heavy atom. The summed E-state index contributed by atoms with van der Waals surface area (Å²) in [5.74, 6) is 2.58. The van der Waals surface area contributed by atoms with Gasteiger partial charge in [0.15, 0.2) is 0 Å². The second kappa shape index (κ2) is 7.95.